The van der Waals surface area contributed by atoms with Crippen molar-refractivity contribution >= 4 is 39.5 Å². The number of aromatic amines is 1. The molecule has 0 aliphatic rings. The van der Waals surface area contributed by atoms with E-state index in [4.69, 9.17) is 0 Å². The highest BCUT2D eigenvalue weighted by Crippen LogP contribution is 2.22. The van der Waals surface area contributed by atoms with E-state index in [2.05, 4.69) is 51.7 Å². The quantitative estimate of drug-likeness (QED) is 0.620. The average molecular weight is 419 g/mol. The van der Waals surface area contributed by atoms with E-state index in [1.165, 1.54) is 0 Å². The summed E-state index contributed by atoms with van der Waals surface area (Å²) in [6, 6.07) is 15.3. The fourth-order valence-corrected chi connectivity index (χ4v) is 2.86. The number of rotatable bonds is 4. The fourth-order valence-electron chi connectivity index (χ4n) is 2.50. The highest BCUT2D eigenvalue weighted by atomic mass is 127. The van der Waals surface area contributed by atoms with E-state index in [-0.39, 0.29) is 17.9 Å². The Hall–Kier alpha value is -1.89. The number of imidazole rings is 1. The number of aromatic nitrogens is 2. The van der Waals surface area contributed by atoms with Crippen molar-refractivity contribution in [1.29, 1.82) is 0 Å². The van der Waals surface area contributed by atoms with Gasteiger partial charge in [-0.2, -0.15) is 0 Å². The number of nitrogens with one attached hydrogen (secondary N) is 2. The monoisotopic (exact) mass is 419 g/mol. The lowest BCUT2D eigenvalue weighted by molar-refractivity contribution is 0.0923. The maximum Gasteiger partial charge on any atom is 0.251 e. The molecule has 2 aromatic carbocycles. The van der Waals surface area contributed by atoms with E-state index in [0.29, 0.717) is 5.56 Å². The molecule has 0 saturated heterocycles. The number of fused-ring (bicyclic) bond motifs is 1. The minimum Gasteiger partial charge on any atom is -0.342 e. The van der Waals surface area contributed by atoms with Gasteiger partial charge in [-0.1, -0.05) is 26.0 Å². The third kappa shape index (κ3) is 3.55. The van der Waals surface area contributed by atoms with Gasteiger partial charge in [-0.05, 0) is 64.9 Å². The summed E-state index contributed by atoms with van der Waals surface area (Å²) in [5.41, 5.74) is 2.56. The first kappa shape index (κ1) is 16.0. The van der Waals surface area contributed by atoms with E-state index in [1.54, 1.807) is 0 Å². The number of amides is 1. The van der Waals surface area contributed by atoms with Crippen molar-refractivity contribution in [3.8, 4) is 0 Å². The standard InChI is InChI=1S/C18H18IN3O/c1-11(2)16(17-20-14-5-3-4-6-15(14)21-17)22-18(23)12-7-9-13(19)10-8-12/h3-11,16H,1-2H3,(H,20,21)(H,22,23)/t16-/m0/s1. The Bertz CT molecular complexity index is 791. The van der Waals surface area contributed by atoms with Gasteiger partial charge >= 0.3 is 0 Å². The summed E-state index contributed by atoms with van der Waals surface area (Å²) in [6.07, 6.45) is 0. The fraction of sp³-hybridized carbons (Fsp3) is 0.222. The molecule has 1 atom stereocenters. The Kier molecular flexibility index (Phi) is 4.66. The second-order valence-electron chi connectivity index (χ2n) is 5.84. The number of hydrogen-bond donors (Lipinski definition) is 2. The molecule has 0 aliphatic heterocycles. The van der Waals surface area contributed by atoms with E-state index in [1.807, 2.05) is 48.5 Å². The van der Waals surface area contributed by atoms with Gasteiger partial charge in [0.2, 0.25) is 0 Å². The minimum atomic E-state index is -0.158. The molecule has 3 rings (SSSR count). The third-order valence-electron chi connectivity index (χ3n) is 3.76. The van der Waals surface area contributed by atoms with Crippen molar-refractivity contribution in [2.24, 2.45) is 5.92 Å². The molecule has 4 nitrogen and oxygen atoms in total. The van der Waals surface area contributed by atoms with Crippen LogP contribution in [-0.2, 0) is 0 Å². The van der Waals surface area contributed by atoms with Crippen LogP contribution in [0, 0.1) is 9.49 Å². The van der Waals surface area contributed by atoms with Crippen LogP contribution in [0.2, 0.25) is 0 Å². The van der Waals surface area contributed by atoms with Crippen molar-refractivity contribution in [3.05, 3.63) is 63.5 Å². The van der Waals surface area contributed by atoms with Gasteiger partial charge in [-0.15, -0.1) is 0 Å². The van der Waals surface area contributed by atoms with Crippen molar-refractivity contribution < 1.29 is 4.79 Å². The van der Waals surface area contributed by atoms with Crippen molar-refractivity contribution in [2.45, 2.75) is 19.9 Å². The molecule has 0 saturated carbocycles. The molecule has 1 aromatic heterocycles. The van der Waals surface area contributed by atoms with Gasteiger partial charge in [-0.3, -0.25) is 4.79 Å². The smallest absolute Gasteiger partial charge is 0.251 e. The Morgan fingerprint density at radius 3 is 2.48 bits per heavy atom. The van der Waals surface area contributed by atoms with Crippen LogP contribution in [0.1, 0.15) is 36.1 Å². The molecule has 0 unspecified atom stereocenters. The summed E-state index contributed by atoms with van der Waals surface area (Å²) in [5.74, 6) is 0.934. The first-order chi connectivity index (χ1) is 11.0. The molecule has 23 heavy (non-hydrogen) atoms. The maximum absolute atomic E-state index is 12.5. The number of carbonyl (C=O) groups is 1. The predicted molar refractivity (Wildman–Crippen MR) is 100 cm³/mol. The van der Waals surface area contributed by atoms with Crippen LogP contribution in [0.15, 0.2) is 48.5 Å². The molecule has 0 bridgehead atoms. The van der Waals surface area contributed by atoms with Crippen molar-refractivity contribution in [2.75, 3.05) is 0 Å². The average Bonchev–Trinajstić information content (AvgIpc) is 2.96. The Labute approximate surface area is 148 Å². The molecule has 0 spiro atoms. The summed E-state index contributed by atoms with van der Waals surface area (Å²) in [4.78, 5) is 20.4. The lowest BCUT2D eigenvalue weighted by Gasteiger charge is -2.20. The summed E-state index contributed by atoms with van der Waals surface area (Å²) in [5, 5.41) is 3.09. The van der Waals surface area contributed by atoms with Gasteiger partial charge in [0.05, 0.1) is 17.1 Å². The number of H-pyrrole nitrogens is 1. The van der Waals surface area contributed by atoms with Crippen LogP contribution in [0.4, 0.5) is 0 Å². The zero-order chi connectivity index (χ0) is 16.4. The number of hydrogen-bond acceptors (Lipinski definition) is 2. The van der Waals surface area contributed by atoms with Crippen LogP contribution < -0.4 is 5.32 Å². The molecular formula is C18H18IN3O. The molecule has 0 fully saturated rings. The van der Waals surface area contributed by atoms with Crippen LogP contribution in [0.3, 0.4) is 0 Å². The molecule has 3 aromatic rings. The SMILES string of the molecule is CC(C)[C@H](NC(=O)c1ccc(I)cc1)c1nc2ccccc2[nH]1. The summed E-state index contributed by atoms with van der Waals surface area (Å²) in [6.45, 7) is 4.15. The van der Waals surface area contributed by atoms with Crippen LogP contribution >= 0.6 is 22.6 Å². The van der Waals surface area contributed by atoms with Gasteiger partial charge in [0.15, 0.2) is 0 Å². The van der Waals surface area contributed by atoms with Gasteiger partial charge in [-0.25, -0.2) is 4.98 Å². The summed E-state index contributed by atoms with van der Waals surface area (Å²) >= 11 is 2.23. The number of carbonyl (C=O) groups excluding carboxylic acids is 1. The largest absolute Gasteiger partial charge is 0.342 e. The molecule has 1 heterocycles. The van der Waals surface area contributed by atoms with Crippen LogP contribution in [0.5, 0.6) is 0 Å². The molecule has 1 amide bonds. The topological polar surface area (TPSA) is 57.8 Å². The molecule has 5 heteroatoms. The Morgan fingerprint density at radius 1 is 1.13 bits per heavy atom. The Morgan fingerprint density at radius 2 is 1.83 bits per heavy atom. The van der Waals surface area contributed by atoms with Gasteiger partial charge < -0.3 is 10.3 Å². The zero-order valence-corrected chi connectivity index (χ0v) is 15.2. The highest BCUT2D eigenvalue weighted by Gasteiger charge is 2.22. The summed E-state index contributed by atoms with van der Waals surface area (Å²) in [7, 11) is 0. The molecular weight excluding hydrogens is 401 g/mol. The van der Waals surface area contributed by atoms with Crippen molar-refractivity contribution in [1.82, 2.24) is 15.3 Å². The second-order valence-corrected chi connectivity index (χ2v) is 7.09. The molecule has 0 radical (unpaired) electrons. The van der Waals surface area contributed by atoms with Crippen LogP contribution in [-0.4, -0.2) is 15.9 Å². The van der Waals surface area contributed by atoms with E-state index in [9.17, 15) is 4.79 Å². The van der Waals surface area contributed by atoms with Gasteiger partial charge in [0.25, 0.3) is 5.91 Å². The molecule has 2 N–H and O–H groups in total. The molecule has 118 valence electrons. The van der Waals surface area contributed by atoms with E-state index in [0.717, 1.165) is 20.4 Å². The lowest BCUT2D eigenvalue weighted by Crippen LogP contribution is -2.32. The lowest BCUT2D eigenvalue weighted by atomic mass is 10.0. The van der Waals surface area contributed by atoms with Gasteiger partial charge in [0.1, 0.15) is 5.82 Å². The maximum atomic E-state index is 12.5. The zero-order valence-electron chi connectivity index (χ0n) is 13.0. The second kappa shape index (κ2) is 6.70. The first-order valence-electron chi connectivity index (χ1n) is 7.55. The number of nitrogens with zero attached hydrogens (tertiary/aromatic N) is 1. The van der Waals surface area contributed by atoms with Crippen molar-refractivity contribution in [3.63, 3.8) is 0 Å². The molecule has 0 aliphatic carbocycles. The van der Waals surface area contributed by atoms with E-state index < -0.39 is 0 Å². The number of benzene rings is 2. The van der Waals surface area contributed by atoms with Crippen LogP contribution in [0.25, 0.3) is 11.0 Å². The first-order valence-corrected chi connectivity index (χ1v) is 8.63. The number of para-hydroxylation sites is 2. The number of halogens is 1. The van der Waals surface area contributed by atoms with Gasteiger partial charge in [0, 0.05) is 9.13 Å². The normalized spacial score (nSPS) is 12.5. The Balaban J connectivity index is 1.86. The summed E-state index contributed by atoms with van der Waals surface area (Å²) < 4.78 is 1.11. The third-order valence-corrected chi connectivity index (χ3v) is 4.48. The van der Waals surface area contributed by atoms with E-state index >= 15 is 0 Å². The minimum absolute atomic E-state index is 0.0828. The predicted octanol–water partition coefficient (Wildman–Crippen LogP) is 4.29. The highest BCUT2D eigenvalue weighted by molar-refractivity contribution is 14.1.